The van der Waals surface area contributed by atoms with Crippen LogP contribution in [0.5, 0.6) is 0 Å². The van der Waals surface area contributed by atoms with E-state index in [9.17, 15) is 4.79 Å². The molecule has 4 nitrogen and oxygen atoms in total. The fraction of sp³-hybridized carbons (Fsp3) is 0.923. The second kappa shape index (κ2) is 7.67. The fourth-order valence-corrected chi connectivity index (χ4v) is 2.74. The summed E-state index contributed by atoms with van der Waals surface area (Å²) in [6.07, 6.45) is 7.84. The number of nitrogens with one attached hydrogen (secondary N) is 1. The van der Waals surface area contributed by atoms with E-state index in [0.717, 1.165) is 24.9 Å². The smallest absolute Gasteiger partial charge is 0.233 e. The molecule has 4 heteroatoms. The number of hydrogen-bond acceptors (Lipinski definition) is 3. The van der Waals surface area contributed by atoms with E-state index >= 15 is 0 Å². The largest absolute Gasteiger partial charge is 0.298 e. The molecule has 1 saturated heterocycles. The Balaban J connectivity index is 2.10. The van der Waals surface area contributed by atoms with Crippen molar-refractivity contribution in [1.29, 1.82) is 0 Å². The van der Waals surface area contributed by atoms with Gasteiger partial charge in [0, 0.05) is 18.5 Å². The quantitative estimate of drug-likeness (QED) is 0.323. The summed E-state index contributed by atoms with van der Waals surface area (Å²) in [4.78, 5) is 13.6. The minimum absolute atomic E-state index is 0.0512. The maximum Gasteiger partial charge on any atom is 0.233 e. The number of hydrazine groups is 1. The van der Waals surface area contributed by atoms with E-state index in [1.54, 1.807) is 0 Å². The number of carbonyl (C=O) groups excluding carboxylic acids is 1. The first-order valence-electron chi connectivity index (χ1n) is 6.90. The van der Waals surface area contributed by atoms with Crippen LogP contribution in [-0.4, -0.2) is 29.4 Å². The number of piperidine rings is 1. The first kappa shape index (κ1) is 14.5. The van der Waals surface area contributed by atoms with E-state index in [2.05, 4.69) is 24.2 Å². The van der Waals surface area contributed by atoms with Gasteiger partial charge in [-0.2, -0.15) is 0 Å². The Hall–Kier alpha value is -0.610. The highest BCUT2D eigenvalue weighted by molar-refractivity contribution is 5.74. The van der Waals surface area contributed by atoms with Gasteiger partial charge in [-0.3, -0.25) is 15.1 Å². The lowest BCUT2D eigenvalue weighted by molar-refractivity contribution is -0.121. The van der Waals surface area contributed by atoms with Gasteiger partial charge in [-0.25, -0.2) is 5.84 Å². The Labute approximate surface area is 105 Å². The highest BCUT2D eigenvalue weighted by Gasteiger charge is 2.23. The Morgan fingerprint density at radius 3 is 2.47 bits per heavy atom. The molecular formula is C13H27N3O. The number of hydrogen-bond donors (Lipinski definition) is 2. The van der Waals surface area contributed by atoms with Crippen molar-refractivity contribution in [3.05, 3.63) is 0 Å². The van der Waals surface area contributed by atoms with E-state index in [1.165, 1.54) is 32.2 Å². The number of unbranched alkanes of at least 4 members (excludes halogenated alkanes) is 2. The summed E-state index contributed by atoms with van der Waals surface area (Å²) in [7, 11) is 0. The number of carbonyl (C=O) groups is 1. The second-order valence-electron chi connectivity index (χ2n) is 5.24. The number of likely N-dealkylation sites (tertiary alicyclic amines) is 1. The molecule has 2 unspecified atom stereocenters. The Morgan fingerprint density at radius 2 is 1.88 bits per heavy atom. The summed E-state index contributed by atoms with van der Waals surface area (Å²) in [5, 5.41) is 0. The minimum Gasteiger partial charge on any atom is -0.298 e. The molecule has 0 spiro atoms. The first-order chi connectivity index (χ1) is 8.15. The SMILES string of the molecule is CC1CCCC(C)N1CCCCCC(=O)NN. The maximum absolute atomic E-state index is 10.9. The normalized spacial score (nSPS) is 25.8. The number of rotatable bonds is 6. The lowest BCUT2D eigenvalue weighted by atomic mass is 9.97. The summed E-state index contributed by atoms with van der Waals surface area (Å²) < 4.78 is 0. The topological polar surface area (TPSA) is 58.4 Å². The van der Waals surface area contributed by atoms with Crippen LogP contribution < -0.4 is 11.3 Å². The number of nitrogens with two attached hydrogens (primary N) is 1. The van der Waals surface area contributed by atoms with E-state index in [4.69, 9.17) is 5.84 Å². The van der Waals surface area contributed by atoms with E-state index in [-0.39, 0.29) is 5.91 Å². The Morgan fingerprint density at radius 1 is 1.24 bits per heavy atom. The van der Waals surface area contributed by atoms with Gasteiger partial charge in [-0.1, -0.05) is 12.8 Å². The molecule has 3 N–H and O–H groups in total. The maximum atomic E-state index is 10.9. The average Bonchev–Trinajstić information content (AvgIpc) is 2.31. The third-order valence-electron chi connectivity index (χ3n) is 3.86. The monoisotopic (exact) mass is 241 g/mol. The molecule has 0 aromatic heterocycles. The van der Waals surface area contributed by atoms with Gasteiger partial charge in [0.1, 0.15) is 0 Å². The molecule has 0 aromatic rings. The van der Waals surface area contributed by atoms with Crippen LogP contribution in [0.3, 0.4) is 0 Å². The molecule has 17 heavy (non-hydrogen) atoms. The van der Waals surface area contributed by atoms with Crippen LogP contribution >= 0.6 is 0 Å². The van der Waals surface area contributed by atoms with Gasteiger partial charge in [-0.15, -0.1) is 0 Å². The van der Waals surface area contributed by atoms with Gasteiger partial charge in [0.15, 0.2) is 0 Å². The zero-order valence-corrected chi connectivity index (χ0v) is 11.2. The Kier molecular flexibility index (Phi) is 6.52. The Bertz CT molecular complexity index is 223. The van der Waals surface area contributed by atoms with Crippen LogP contribution in [0.2, 0.25) is 0 Å². The predicted octanol–water partition coefficient (Wildman–Crippen LogP) is 1.80. The van der Waals surface area contributed by atoms with Crippen molar-refractivity contribution in [1.82, 2.24) is 10.3 Å². The van der Waals surface area contributed by atoms with Crippen molar-refractivity contribution >= 4 is 5.91 Å². The number of nitrogens with zero attached hydrogens (tertiary/aromatic N) is 1. The molecule has 0 bridgehead atoms. The molecular weight excluding hydrogens is 214 g/mol. The van der Waals surface area contributed by atoms with Crippen LogP contribution in [0.4, 0.5) is 0 Å². The average molecular weight is 241 g/mol. The zero-order chi connectivity index (χ0) is 12.7. The molecule has 1 amide bonds. The van der Waals surface area contributed by atoms with Gasteiger partial charge in [0.05, 0.1) is 0 Å². The van der Waals surface area contributed by atoms with Crippen molar-refractivity contribution in [2.75, 3.05) is 6.54 Å². The van der Waals surface area contributed by atoms with Crippen LogP contribution in [0.15, 0.2) is 0 Å². The lowest BCUT2D eigenvalue weighted by Crippen LogP contribution is -2.44. The van der Waals surface area contributed by atoms with E-state index in [0.29, 0.717) is 6.42 Å². The van der Waals surface area contributed by atoms with Gasteiger partial charge < -0.3 is 0 Å². The van der Waals surface area contributed by atoms with E-state index in [1.807, 2.05) is 0 Å². The highest BCUT2D eigenvalue weighted by atomic mass is 16.2. The number of amides is 1. The lowest BCUT2D eigenvalue weighted by Gasteiger charge is -2.39. The molecule has 1 aliphatic rings. The third kappa shape index (κ3) is 5.04. The highest BCUT2D eigenvalue weighted by Crippen LogP contribution is 2.22. The molecule has 0 aromatic carbocycles. The first-order valence-corrected chi connectivity index (χ1v) is 6.90. The molecule has 0 saturated carbocycles. The van der Waals surface area contributed by atoms with Crippen LogP contribution in [0.1, 0.15) is 58.8 Å². The molecule has 100 valence electrons. The molecule has 1 heterocycles. The summed E-state index contributed by atoms with van der Waals surface area (Å²) in [6.45, 7) is 5.83. The minimum atomic E-state index is -0.0512. The molecule has 2 atom stereocenters. The third-order valence-corrected chi connectivity index (χ3v) is 3.86. The van der Waals surface area contributed by atoms with Crippen molar-refractivity contribution in [3.63, 3.8) is 0 Å². The molecule has 1 aliphatic heterocycles. The second-order valence-corrected chi connectivity index (χ2v) is 5.24. The van der Waals surface area contributed by atoms with Crippen molar-refractivity contribution in [2.45, 2.75) is 70.9 Å². The molecule has 0 radical (unpaired) electrons. The summed E-state index contributed by atoms with van der Waals surface area (Å²) in [5.41, 5.74) is 2.17. The van der Waals surface area contributed by atoms with Crippen molar-refractivity contribution in [2.24, 2.45) is 5.84 Å². The summed E-state index contributed by atoms with van der Waals surface area (Å²) >= 11 is 0. The standard InChI is InChI=1S/C13H27N3O/c1-11-7-6-8-12(2)16(11)10-5-3-4-9-13(17)15-14/h11-12H,3-10,14H2,1-2H3,(H,15,17). The van der Waals surface area contributed by atoms with Gasteiger partial charge in [0.25, 0.3) is 0 Å². The zero-order valence-electron chi connectivity index (χ0n) is 11.2. The van der Waals surface area contributed by atoms with E-state index < -0.39 is 0 Å². The van der Waals surface area contributed by atoms with Gasteiger partial charge in [-0.05, 0) is 46.1 Å². The van der Waals surface area contributed by atoms with Crippen molar-refractivity contribution < 1.29 is 4.79 Å². The van der Waals surface area contributed by atoms with Crippen LogP contribution in [0, 0.1) is 0 Å². The van der Waals surface area contributed by atoms with Gasteiger partial charge >= 0.3 is 0 Å². The molecule has 1 rings (SSSR count). The van der Waals surface area contributed by atoms with Gasteiger partial charge in [0.2, 0.25) is 5.91 Å². The molecule has 0 aliphatic carbocycles. The predicted molar refractivity (Wildman–Crippen MR) is 70.3 cm³/mol. The van der Waals surface area contributed by atoms with Crippen LogP contribution in [-0.2, 0) is 4.79 Å². The van der Waals surface area contributed by atoms with Crippen LogP contribution in [0.25, 0.3) is 0 Å². The summed E-state index contributed by atoms with van der Waals surface area (Å²) in [5.74, 6) is 4.98. The molecule has 1 fully saturated rings. The summed E-state index contributed by atoms with van der Waals surface area (Å²) in [6, 6.07) is 1.46. The van der Waals surface area contributed by atoms with Crippen molar-refractivity contribution in [3.8, 4) is 0 Å². The fourth-order valence-electron chi connectivity index (χ4n) is 2.74.